The van der Waals surface area contributed by atoms with Gasteiger partial charge in [-0.25, -0.2) is 4.98 Å². The van der Waals surface area contributed by atoms with Crippen molar-refractivity contribution in [1.82, 2.24) is 9.97 Å². The monoisotopic (exact) mass is 306 g/mol. The number of anilines is 2. The minimum atomic E-state index is -0.791. The van der Waals surface area contributed by atoms with Crippen LogP contribution in [-0.4, -0.2) is 39.3 Å². The van der Waals surface area contributed by atoms with Crippen LogP contribution in [0.1, 0.15) is 6.92 Å². The van der Waals surface area contributed by atoms with Gasteiger partial charge in [0.05, 0.1) is 4.47 Å². The molecule has 1 rings (SSSR count). The summed E-state index contributed by atoms with van der Waals surface area (Å²) < 4.78 is 11.7. The lowest BCUT2D eigenvalue weighted by molar-refractivity contribution is 0.687. The summed E-state index contributed by atoms with van der Waals surface area (Å²) in [6.07, 6.45) is 3.37. The molecule has 7 heteroatoms. The van der Waals surface area contributed by atoms with E-state index in [9.17, 15) is 4.21 Å². The van der Waals surface area contributed by atoms with E-state index in [-0.39, 0.29) is 0 Å². The van der Waals surface area contributed by atoms with E-state index in [4.69, 9.17) is 0 Å². The minimum absolute atomic E-state index is 0.589. The topological polar surface area (TPSA) is 66.9 Å². The van der Waals surface area contributed by atoms with Crippen molar-refractivity contribution in [3.05, 3.63) is 10.7 Å². The van der Waals surface area contributed by atoms with Crippen molar-refractivity contribution < 1.29 is 4.21 Å². The Hall–Kier alpha value is -0.690. The molecule has 1 unspecified atom stereocenters. The fourth-order valence-electron chi connectivity index (χ4n) is 1.05. The summed E-state index contributed by atoms with van der Waals surface area (Å²) in [5, 5.41) is 6.14. The van der Waals surface area contributed by atoms with Crippen LogP contribution in [0.15, 0.2) is 10.7 Å². The molecule has 1 aromatic rings. The summed E-state index contributed by atoms with van der Waals surface area (Å²) in [4.78, 5) is 8.38. The predicted molar refractivity (Wildman–Crippen MR) is 71.3 cm³/mol. The van der Waals surface area contributed by atoms with Gasteiger partial charge in [0.15, 0.2) is 0 Å². The van der Waals surface area contributed by atoms with Gasteiger partial charge in [-0.15, -0.1) is 0 Å². The van der Waals surface area contributed by atoms with Gasteiger partial charge in [0.25, 0.3) is 0 Å². The zero-order valence-electron chi connectivity index (χ0n) is 9.29. The molecule has 90 valence electrons. The number of aromatic nitrogens is 2. The molecule has 0 spiro atoms. The van der Waals surface area contributed by atoms with Crippen molar-refractivity contribution >= 4 is 38.5 Å². The first-order valence-electron chi connectivity index (χ1n) is 4.93. The van der Waals surface area contributed by atoms with Gasteiger partial charge in [0.2, 0.25) is 5.95 Å². The molecule has 0 saturated carbocycles. The molecule has 0 aliphatic rings. The zero-order chi connectivity index (χ0) is 12.0. The molecule has 0 aliphatic carbocycles. The molecular weight excluding hydrogens is 292 g/mol. The molecule has 0 radical (unpaired) electrons. The third-order valence-corrected chi connectivity index (χ3v) is 3.12. The van der Waals surface area contributed by atoms with Gasteiger partial charge in [-0.2, -0.15) is 4.98 Å². The van der Waals surface area contributed by atoms with Gasteiger partial charge < -0.3 is 10.6 Å². The van der Waals surface area contributed by atoms with E-state index >= 15 is 0 Å². The lowest BCUT2D eigenvalue weighted by atomic mass is 10.5. The quantitative estimate of drug-likeness (QED) is 0.833. The highest BCUT2D eigenvalue weighted by atomic mass is 79.9. The van der Waals surface area contributed by atoms with Crippen molar-refractivity contribution in [1.29, 1.82) is 0 Å². The summed E-state index contributed by atoms with van der Waals surface area (Å²) in [5.41, 5.74) is 0. The molecule has 0 saturated heterocycles. The van der Waals surface area contributed by atoms with E-state index in [1.54, 1.807) is 12.5 Å². The van der Waals surface area contributed by atoms with Gasteiger partial charge in [0, 0.05) is 42.1 Å². The molecule has 1 heterocycles. The fraction of sp³-hybridized carbons (Fsp3) is 0.556. The number of hydrogen-bond acceptors (Lipinski definition) is 5. The summed E-state index contributed by atoms with van der Waals surface area (Å²) in [6.45, 7) is 3.39. The molecule has 0 fully saturated rings. The number of rotatable bonds is 6. The maximum Gasteiger partial charge on any atom is 0.224 e. The van der Waals surface area contributed by atoms with Gasteiger partial charge >= 0.3 is 0 Å². The molecule has 0 amide bonds. The maximum atomic E-state index is 10.9. The second-order valence-electron chi connectivity index (χ2n) is 3.12. The summed E-state index contributed by atoms with van der Waals surface area (Å²) in [7, 11) is -0.791. The molecule has 0 aliphatic heterocycles. The molecule has 16 heavy (non-hydrogen) atoms. The minimum Gasteiger partial charge on any atom is -0.368 e. The van der Waals surface area contributed by atoms with Crippen LogP contribution in [0.4, 0.5) is 11.8 Å². The Bertz CT molecular complexity index is 375. The van der Waals surface area contributed by atoms with Crippen LogP contribution in [-0.2, 0) is 10.8 Å². The Morgan fingerprint density at radius 3 is 2.88 bits per heavy atom. The second-order valence-corrected chi connectivity index (χ2v) is 5.53. The van der Waals surface area contributed by atoms with Gasteiger partial charge in [0.1, 0.15) is 5.82 Å². The van der Waals surface area contributed by atoms with Crippen molar-refractivity contribution in [3.8, 4) is 0 Å². The van der Waals surface area contributed by atoms with E-state index in [1.165, 1.54) is 0 Å². The normalized spacial score (nSPS) is 12.2. The first-order valence-corrected chi connectivity index (χ1v) is 7.45. The van der Waals surface area contributed by atoms with E-state index in [0.717, 1.165) is 16.8 Å². The SMILES string of the molecule is CCNc1ncc(Br)c(NCCS(C)=O)n1. The Morgan fingerprint density at radius 1 is 1.50 bits per heavy atom. The van der Waals surface area contributed by atoms with Gasteiger partial charge in [-0.1, -0.05) is 0 Å². The van der Waals surface area contributed by atoms with E-state index < -0.39 is 10.8 Å². The lowest BCUT2D eigenvalue weighted by Crippen LogP contribution is -2.12. The molecule has 0 aromatic carbocycles. The summed E-state index contributed by atoms with van der Waals surface area (Å²) in [5.74, 6) is 1.91. The Labute approximate surface area is 106 Å². The Morgan fingerprint density at radius 2 is 2.25 bits per heavy atom. The highest BCUT2D eigenvalue weighted by Crippen LogP contribution is 2.19. The number of nitrogens with one attached hydrogen (secondary N) is 2. The third-order valence-electron chi connectivity index (χ3n) is 1.76. The number of nitrogens with zero attached hydrogens (tertiary/aromatic N) is 2. The predicted octanol–water partition coefficient (Wildman–Crippen LogP) is 1.46. The molecule has 1 aromatic heterocycles. The molecular formula is C9H15BrN4OS. The van der Waals surface area contributed by atoms with E-state index in [2.05, 4.69) is 36.5 Å². The zero-order valence-corrected chi connectivity index (χ0v) is 11.7. The fourth-order valence-corrected chi connectivity index (χ4v) is 1.77. The average molecular weight is 307 g/mol. The standard InChI is InChI=1S/C9H15BrN4OS/c1-3-11-9-13-6-7(10)8(14-9)12-4-5-16(2)15/h6H,3-5H2,1-2H3,(H2,11,12,13,14). The molecule has 1 atom stereocenters. The highest BCUT2D eigenvalue weighted by Gasteiger charge is 2.03. The average Bonchev–Trinajstić information content (AvgIpc) is 2.22. The first-order chi connectivity index (χ1) is 7.63. The van der Waals surface area contributed by atoms with Gasteiger partial charge in [-0.3, -0.25) is 4.21 Å². The lowest BCUT2D eigenvalue weighted by Gasteiger charge is -2.08. The largest absolute Gasteiger partial charge is 0.368 e. The molecule has 5 nitrogen and oxygen atoms in total. The van der Waals surface area contributed by atoms with Crippen LogP contribution in [0.25, 0.3) is 0 Å². The highest BCUT2D eigenvalue weighted by molar-refractivity contribution is 9.10. The first kappa shape index (κ1) is 13.4. The number of halogens is 1. The number of hydrogen-bond donors (Lipinski definition) is 2. The van der Waals surface area contributed by atoms with Crippen molar-refractivity contribution in [2.75, 3.05) is 35.7 Å². The van der Waals surface area contributed by atoms with Crippen molar-refractivity contribution in [2.45, 2.75) is 6.92 Å². The van der Waals surface area contributed by atoms with Crippen LogP contribution in [0.5, 0.6) is 0 Å². The third kappa shape index (κ3) is 4.44. The summed E-state index contributed by atoms with van der Waals surface area (Å²) >= 11 is 3.36. The molecule has 0 bridgehead atoms. The van der Waals surface area contributed by atoms with Crippen molar-refractivity contribution in [3.63, 3.8) is 0 Å². The van der Waals surface area contributed by atoms with Crippen LogP contribution in [0.2, 0.25) is 0 Å². The van der Waals surface area contributed by atoms with Gasteiger partial charge in [-0.05, 0) is 22.9 Å². The molecule has 2 N–H and O–H groups in total. The van der Waals surface area contributed by atoms with E-state index in [1.807, 2.05) is 6.92 Å². The smallest absolute Gasteiger partial charge is 0.224 e. The van der Waals surface area contributed by atoms with Crippen LogP contribution >= 0.6 is 15.9 Å². The Kier molecular flexibility index (Phi) is 5.68. The van der Waals surface area contributed by atoms with Crippen LogP contribution in [0, 0.1) is 0 Å². The Balaban J connectivity index is 2.62. The maximum absolute atomic E-state index is 10.9. The van der Waals surface area contributed by atoms with E-state index in [0.29, 0.717) is 18.2 Å². The van der Waals surface area contributed by atoms with Crippen LogP contribution in [0.3, 0.4) is 0 Å². The summed E-state index contributed by atoms with van der Waals surface area (Å²) in [6, 6.07) is 0. The van der Waals surface area contributed by atoms with Crippen LogP contribution < -0.4 is 10.6 Å². The second kappa shape index (κ2) is 6.80. The van der Waals surface area contributed by atoms with Crippen molar-refractivity contribution in [2.24, 2.45) is 0 Å².